The summed E-state index contributed by atoms with van der Waals surface area (Å²) in [5.41, 5.74) is 1.76. The molecule has 0 aliphatic heterocycles. The maximum Gasteiger partial charge on any atom is 0.264 e. The summed E-state index contributed by atoms with van der Waals surface area (Å²) < 4.78 is 2.59. The molecule has 1 fully saturated rings. The fourth-order valence-electron chi connectivity index (χ4n) is 1.98. The Labute approximate surface area is 124 Å². The third-order valence-electron chi connectivity index (χ3n) is 3.26. The molecule has 1 aliphatic carbocycles. The Morgan fingerprint density at radius 2 is 2.21 bits per heavy atom. The minimum absolute atomic E-state index is 0.0511. The van der Waals surface area contributed by atoms with Crippen molar-refractivity contribution in [3.05, 3.63) is 32.0 Å². The smallest absolute Gasteiger partial charge is 0.264 e. The molecule has 0 atom stereocenters. The van der Waals surface area contributed by atoms with Gasteiger partial charge < -0.3 is 4.98 Å². The van der Waals surface area contributed by atoms with Gasteiger partial charge >= 0.3 is 0 Å². The van der Waals surface area contributed by atoms with Gasteiger partial charge in [0, 0.05) is 18.2 Å². The van der Waals surface area contributed by atoms with Crippen LogP contribution >= 0.6 is 22.6 Å². The van der Waals surface area contributed by atoms with Crippen molar-refractivity contribution < 1.29 is 0 Å². The lowest BCUT2D eigenvalue weighted by molar-refractivity contribution is 0.532. The lowest BCUT2D eigenvalue weighted by atomic mass is 10.2. The molecule has 2 aromatic rings. The van der Waals surface area contributed by atoms with Gasteiger partial charge in [-0.05, 0) is 49.3 Å². The zero-order valence-corrected chi connectivity index (χ0v) is 13.0. The molecule has 19 heavy (non-hydrogen) atoms. The quantitative estimate of drug-likeness (QED) is 0.846. The van der Waals surface area contributed by atoms with Crippen LogP contribution in [0.25, 0.3) is 11.4 Å². The maximum atomic E-state index is 12.0. The normalized spacial score (nSPS) is 15.2. The second kappa shape index (κ2) is 4.73. The summed E-state index contributed by atoms with van der Waals surface area (Å²) >= 11 is 2.08. The van der Waals surface area contributed by atoms with E-state index >= 15 is 0 Å². The summed E-state index contributed by atoms with van der Waals surface area (Å²) in [4.78, 5) is 19.4. The van der Waals surface area contributed by atoms with Gasteiger partial charge in [0.2, 0.25) is 0 Å². The number of nitrogens with zero attached hydrogens (tertiary/aromatic N) is 3. The number of H-pyrrole nitrogens is 1. The lowest BCUT2D eigenvalue weighted by Gasteiger charge is -2.05. The first-order valence-electron chi connectivity index (χ1n) is 6.40. The summed E-state index contributed by atoms with van der Waals surface area (Å²) in [7, 11) is 0. The van der Waals surface area contributed by atoms with Crippen LogP contribution in [0.4, 0.5) is 0 Å². The van der Waals surface area contributed by atoms with E-state index in [1.165, 1.54) is 0 Å². The van der Waals surface area contributed by atoms with Gasteiger partial charge in [-0.2, -0.15) is 5.10 Å². The van der Waals surface area contributed by atoms with Gasteiger partial charge in [-0.3, -0.25) is 9.48 Å². The van der Waals surface area contributed by atoms with Crippen LogP contribution in [0, 0.1) is 3.57 Å². The van der Waals surface area contributed by atoms with Gasteiger partial charge in [0.1, 0.15) is 5.82 Å². The minimum atomic E-state index is -0.0511. The predicted octanol–water partition coefficient (Wildman–Crippen LogP) is 2.70. The molecule has 3 rings (SSSR count). The third kappa shape index (κ3) is 2.45. The second-order valence-electron chi connectivity index (χ2n) is 5.19. The highest BCUT2D eigenvalue weighted by Gasteiger charge is 2.29. The fourth-order valence-corrected chi connectivity index (χ4v) is 2.68. The largest absolute Gasteiger partial charge is 0.306 e. The van der Waals surface area contributed by atoms with E-state index in [1.54, 1.807) is 6.20 Å². The first kappa shape index (κ1) is 12.8. The summed E-state index contributed by atoms with van der Waals surface area (Å²) in [6, 6.07) is 0.298. The molecule has 5 nitrogen and oxygen atoms in total. The number of hydrogen-bond donors (Lipinski definition) is 1. The van der Waals surface area contributed by atoms with Crippen LogP contribution in [0.15, 0.2) is 17.2 Å². The number of rotatable bonds is 3. The van der Waals surface area contributed by atoms with E-state index in [-0.39, 0.29) is 5.56 Å². The van der Waals surface area contributed by atoms with E-state index in [0.717, 1.165) is 27.7 Å². The molecule has 0 aromatic carbocycles. The summed E-state index contributed by atoms with van der Waals surface area (Å²) in [6.45, 7) is 4.13. The number of hydrogen-bond acceptors (Lipinski definition) is 3. The first-order chi connectivity index (χ1) is 9.06. The van der Waals surface area contributed by atoms with E-state index < -0.39 is 0 Å². The molecule has 2 heterocycles. The average molecular weight is 370 g/mol. The maximum absolute atomic E-state index is 12.0. The molecule has 1 saturated carbocycles. The van der Waals surface area contributed by atoms with E-state index in [0.29, 0.717) is 17.8 Å². The monoisotopic (exact) mass is 370 g/mol. The molecule has 0 amide bonds. The Kier molecular flexibility index (Phi) is 3.20. The molecular formula is C13H15IN4O. The molecule has 100 valence electrons. The molecule has 0 bridgehead atoms. The zero-order chi connectivity index (χ0) is 13.6. The highest BCUT2D eigenvalue weighted by Crippen LogP contribution is 2.40. The van der Waals surface area contributed by atoms with E-state index in [2.05, 4.69) is 51.5 Å². The van der Waals surface area contributed by atoms with Crippen LogP contribution in [0.5, 0.6) is 0 Å². The van der Waals surface area contributed by atoms with Crippen molar-refractivity contribution in [1.82, 2.24) is 19.7 Å². The van der Waals surface area contributed by atoms with Crippen molar-refractivity contribution in [2.75, 3.05) is 0 Å². The topological polar surface area (TPSA) is 63.6 Å². The summed E-state index contributed by atoms with van der Waals surface area (Å²) in [5, 5.41) is 4.29. The van der Waals surface area contributed by atoms with Gasteiger partial charge in [0.15, 0.2) is 0 Å². The Balaban J connectivity index is 2.06. The first-order valence-corrected chi connectivity index (χ1v) is 7.48. The number of nitrogens with one attached hydrogen (secondary N) is 1. The van der Waals surface area contributed by atoms with Gasteiger partial charge in [0.05, 0.1) is 21.0 Å². The fraction of sp³-hybridized carbons (Fsp3) is 0.462. The van der Waals surface area contributed by atoms with Crippen molar-refractivity contribution >= 4 is 22.6 Å². The molecule has 1 N–H and O–H groups in total. The van der Waals surface area contributed by atoms with Crippen LogP contribution < -0.4 is 5.56 Å². The van der Waals surface area contributed by atoms with Crippen molar-refractivity contribution in [2.24, 2.45) is 0 Å². The molecule has 1 aliphatic rings. The molecule has 0 saturated heterocycles. The minimum Gasteiger partial charge on any atom is -0.306 e. The highest BCUT2D eigenvalue weighted by molar-refractivity contribution is 14.1. The SMILES string of the molecule is CC(C)n1cc(-c2nc(C3CC3)c(I)c(=O)[nH]2)cn1. The molecule has 0 spiro atoms. The Hall–Kier alpha value is -1.18. The van der Waals surface area contributed by atoms with Gasteiger partial charge in [-0.15, -0.1) is 0 Å². The van der Waals surface area contributed by atoms with Crippen LogP contribution in [-0.4, -0.2) is 19.7 Å². The van der Waals surface area contributed by atoms with Crippen molar-refractivity contribution in [3.63, 3.8) is 0 Å². The third-order valence-corrected chi connectivity index (χ3v) is 4.30. The Morgan fingerprint density at radius 3 is 2.79 bits per heavy atom. The van der Waals surface area contributed by atoms with E-state index in [4.69, 9.17) is 0 Å². The Morgan fingerprint density at radius 1 is 1.47 bits per heavy atom. The average Bonchev–Trinajstić information content (AvgIpc) is 3.08. The number of aromatic amines is 1. The van der Waals surface area contributed by atoms with Crippen LogP contribution in [0.1, 0.15) is 44.3 Å². The molecule has 0 radical (unpaired) electrons. The second-order valence-corrected chi connectivity index (χ2v) is 6.27. The highest BCUT2D eigenvalue weighted by atomic mass is 127. The van der Waals surface area contributed by atoms with E-state index in [1.807, 2.05) is 10.9 Å². The van der Waals surface area contributed by atoms with Crippen LogP contribution in [0.2, 0.25) is 0 Å². The molecule has 0 unspecified atom stereocenters. The van der Waals surface area contributed by atoms with Crippen LogP contribution in [0.3, 0.4) is 0 Å². The van der Waals surface area contributed by atoms with Gasteiger partial charge in [-0.1, -0.05) is 0 Å². The predicted molar refractivity (Wildman–Crippen MR) is 81.2 cm³/mol. The van der Waals surface area contributed by atoms with Gasteiger partial charge in [-0.25, -0.2) is 4.98 Å². The summed E-state index contributed by atoms with van der Waals surface area (Å²) in [6.07, 6.45) is 5.95. The molecule has 2 aromatic heterocycles. The number of halogens is 1. The van der Waals surface area contributed by atoms with Crippen molar-refractivity contribution in [1.29, 1.82) is 0 Å². The van der Waals surface area contributed by atoms with Gasteiger partial charge in [0.25, 0.3) is 5.56 Å². The zero-order valence-electron chi connectivity index (χ0n) is 10.9. The molecule has 6 heteroatoms. The number of aromatic nitrogens is 4. The standard InChI is InChI=1S/C13H15IN4O/c1-7(2)18-6-9(5-15-18)12-16-11(8-3-4-8)10(14)13(19)17-12/h5-8H,3-4H2,1-2H3,(H,16,17,19). The Bertz CT molecular complexity index is 670. The molecular weight excluding hydrogens is 355 g/mol. The van der Waals surface area contributed by atoms with Crippen molar-refractivity contribution in [2.45, 2.75) is 38.6 Å². The lowest BCUT2D eigenvalue weighted by Crippen LogP contribution is -2.15. The summed E-state index contributed by atoms with van der Waals surface area (Å²) in [5.74, 6) is 1.09. The van der Waals surface area contributed by atoms with Crippen LogP contribution in [-0.2, 0) is 0 Å². The van der Waals surface area contributed by atoms with Crippen molar-refractivity contribution in [3.8, 4) is 11.4 Å². The van der Waals surface area contributed by atoms with E-state index in [9.17, 15) is 4.79 Å².